The van der Waals surface area contributed by atoms with Crippen LogP contribution in [-0.2, 0) is 14.8 Å². The van der Waals surface area contributed by atoms with Crippen molar-refractivity contribution in [2.24, 2.45) is 0 Å². The highest BCUT2D eigenvalue weighted by atomic mass is 35.5. The molecule has 8 nitrogen and oxygen atoms in total. The molecule has 0 aromatic heterocycles. The van der Waals surface area contributed by atoms with Crippen LogP contribution in [0.4, 0.5) is 0 Å². The molecule has 1 aliphatic heterocycles. The summed E-state index contributed by atoms with van der Waals surface area (Å²) in [5.74, 6) is 1.03. The van der Waals surface area contributed by atoms with Gasteiger partial charge in [-0.15, -0.1) is 12.4 Å². The summed E-state index contributed by atoms with van der Waals surface area (Å²) in [6, 6.07) is 4.59. The van der Waals surface area contributed by atoms with E-state index in [0.29, 0.717) is 50.6 Å². The molecule has 0 saturated heterocycles. The van der Waals surface area contributed by atoms with E-state index in [9.17, 15) is 13.2 Å². The Hall–Kier alpha value is -1.55. The lowest BCUT2D eigenvalue weighted by molar-refractivity contribution is -0.121. The maximum Gasteiger partial charge on any atom is 0.240 e. The zero-order valence-electron chi connectivity index (χ0n) is 15.5. The second kappa shape index (κ2) is 12.0. The summed E-state index contributed by atoms with van der Waals surface area (Å²) in [5.41, 5.74) is 0. The van der Waals surface area contributed by atoms with E-state index in [1.165, 1.54) is 12.1 Å². The molecule has 0 bridgehead atoms. The number of ether oxygens (including phenoxy) is 2. The van der Waals surface area contributed by atoms with E-state index in [4.69, 9.17) is 9.47 Å². The molecule has 0 aliphatic carbocycles. The normalized spacial score (nSPS) is 12.9. The van der Waals surface area contributed by atoms with Gasteiger partial charge in [-0.2, -0.15) is 0 Å². The van der Waals surface area contributed by atoms with Crippen molar-refractivity contribution in [3.05, 3.63) is 18.2 Å². The Morgan fingerprint density at radius 2 is 1.78 bits per heavy atom. The third kappa shape index (κ3) is 7.92. The number of sulfonamides is 1. The minimum Gasteiger partial charge on any atom is -0.486 e. The maximum atomic E-state index is 12.3. The smallest absolute Gasteiger partial charge is 0.240 e. The molecular weight excluding hydrogens is 394 g/mol. The van der Waals surface area contributed by atoms with Gasteiger partial charge in [0.2, 0.25) is 15.9 Å². The lowest BCUT2D eigenvalue weighted by atomic mass is 10.2. The SMILES string of the molecule is CNCCNC(=O)CCCCCNS(=O)(=O)c1ccc2c(c1)OCCO2.Cl. The lowest BCUT2D eigenvalue weighted by Crippen LogP contribution is -2.30. The van der Waals surface area contributed by atoms with Crippen LogP contribution in [0.3, 0.4) is 0 Å². The number of unbranched alkanes of at least 4 members (excludes halogenated alkanes) is 2. The van der Waals surface area contributed by atoms with Crippen molar-refractivity contribution >= 4 is 28.3 Å². The summed E-state index contributed by atoms with van der Waals surface area (Å²) in [6.45, 7) is 2.56. The summed E-state index contributed by atoms with van der Waals surface area (Å²) < 4.78 is 38.0. The van der Waals surface area contributed by atoms with E-state index in [1.54, 1.807) is 6.07 Å². The molecule has 10 heteroatoms. The zero-order chi connectivity index (χ0) is 18.8. The number of benzene rings is 1. The van der Waals surface area contributed by atoms with Crippen LogP contribution < -0.4 is 24.8 Å². The number of fused-ring (bicyclic) bond motifs is 1. The van der Waals surface area contributed by atoms with E-state index < -0.39 is 10.0 Å². The van der Waals surface area contributed by atoms with Gasteiger partial charge in [0.05, 0.1) is 4.90 Å². The van der Waals surface area contributed by atoms with Gasteiger partial charge in [0.15, 0.2) is 11.5 Å². The molecule has 0 atom stereocenters. The standard InChI is InChI=1S/C17H27N3O5S.ClH/c1-18-9-10-19-17(21)5-3-2-4-8-20-26(22,23)14-6-7-15-16(13-14)25-12-11-24-15;/h6-7,13,18,20H,2-5,8-12H2,1H3,(H,19,21);1H. The quantitative estimate of drug-likeness (QED) is 0.461. The molecule has 27 heavy (non-hydrogen) atoms. The van der Waals surface area contributed by atoms with Gasteiger partial charge in [0.1, 0.15) is 13.2 Å². The van der Waals surface area contributed by atoms with E-state index in [1.807, 2.05) is 7.05 Å². The van der Waals surface area contributed by atoms with E-state index in [2.05, 4.69) is 15.4 Å². The lowest BCUT2D eigenvalue weighted by Gasteiger charge is -2.18. The Balaban J connectivity index is 0.00000364. The first-order valence-corrected chi connectivity index (χ1v) is 10.3. The number of carbonyl (C=O) groups excluding carboxylic acids is 1. The minimum atomic E-state index is -3.58. The fourth-order valence-corrected chi connectivity index (χ4v) is 3.57. The Morgan fingerprint density at radius 1 is 1.04 bits per heavy atom. The van der Waals surface area contributed by atoms with Crippen LogP contribution in [0.2, 0.25) is 0 Å². The van der Waals surface area contributed by atoms with Crippen molar-refractivity contribution in [3.8, 4) is 11.5 Å². The molecule has 1 aliphatic rings. The number of nitrogens with one attached hydrogen (secondary N) is 3. The van der Waals surface area contributed by atoms with Crippen molar-refractivity contribution in [3.63, 3.8) is 0 Å². The molecule has 1 aromatic rings. The van der Waals surface area contributed by atoms with E-state index in [-0.39, 0.29) is 23.2 Å². The van der Waals surface area contributed by atoms with Gasteiger partial charge in [-0.1, -0.05) is 6.42 Å². The first-order chi connectivity index (χ1) is 12.5. The van der Waals surface area contributed by atoms with Crippen molar-refractivity contribution in [2.45, 2.75) is 30.6 Å². The van der Waals surface area contributed by atoms with Gasteiger partial charge in [-0.05, 0) is 32.0 Å². The molecule has 0 radical (unpaired) electrons. The number of hydrogen-bond donors (Lipinski definition) is 3. The van der Waals surface area contributed by atoms with Gasteiger partial charge in [0.25, 0.3) is 0 Å². The number of hydrogen-bond acceptors (Lipinski definition) is 6. The van der Waals surface area contributed by atoms with Crippen molar-refractivity contribution in [1.29, 1.82) is 0 Å². The average molecular weight is 422 g/mol. The molecule has 1 amide bonds. The number of carbonyl (C=O) groups is 1. The van der Waals surface area contributed by atoms with Gasteiger partial charge in [-0.25, -0.2) is 13.1 Å². The largest absolute Gasteiger partial charge is 0.486 e. The fourth-order valence-electron chi connectivity index (χ4n) is 2.48. The van der Waals surface area contributed by atoms with Gasteiger partial charge < -0.3 is 20.1 Å². The molecule has 2 rings (SSSR count). The maximum absolute atomic E-state index is 12.3. The zero-order valence-corrected chi connectivity index (χ0v) is 17.1. The monoisotopic (exact) mass is 421 g/mol. The van der Waals surface area contributed by atoms with Crippen LogP contribution in [0.25, 0.3) is 0 Å². The molecule has 1 heterocycles. The Bertz CT molecular complexity index is 700. The molecule has 1 aromatic carbocycles. The van der Waals surface area contributed by atoms with Gasteiger partial charge in [-0.3, -0.25) is 4.79 Å². The fraction of sp³-hybridized carbons (Fsp3) is 0.588. The van der Waals surface area contributed by atoms with Crippen LogP contribution in [0.5, 0.6) is 11.5 Å². The van der Waals surface area contributed by atoms with E-state index in [0.717, 1.165) is 19.4 Å². The van der Waals surface area contributed by atoms with Crippen molar-refractivity contribution in [1.82, 2.24) is 15.4 Å². The minimum absolute atomic E-state index is 0. The Kier molecular flexibility index (Phi) is 10.5. The molecule has 0 fully saturated rings. The van der Waals surface area contributed by atoms with Crippen LogP contribution in [0.15, 0.2) is 23.1 Å². The van der Waals surface area contributed by atoms with E-state index >= 15 is 0 Å². The Labute approximate surface area is 166 Å². The first-order valence-electron chi connectivity index (χ1n) is 8.83. The summed E-state index contributed by atoms with van der Waals surface area (Å²) in [5, 5.41) is 5.77. The second-order valence-corrected chi connectivity index (χ2v) is 7.73. The summed E-state index contributed by atoms with van der Waals surface area (Å²) in [7, 11) is -1.75. The van der Waals surface area contributed by atoms with Crippen LogP contribution >= 0.6 is 12.4 Å². The summed E-state index contributed by atoms with van der Waals surface area (Å²) in [6.07, 6.45) is 2.65. The van der Waals surface area contributed by atoms with Crippen molar-refractivity contribution in [2.75, 3.05) is 39.9 Å². The van der Waals surface area contributed by atoms with Gasteiger partial charge in [0, 0.05) is 32.1 Å². The average Bonchev–Trinajstić information content (AvgIpc) is 2.64. The third-order valence-corrected chi connectivity index (χ3v) is 5.35. The highest BCUT2D eigenvalue weighted by Gasteiger charge is 2.18. The molecular formula is C17H28ClN3O5S. The summed E-state index contributed by atoms with van der Waals surface area (Å²) >= 11 is 0. The third-order valence-electron chi connectivity index (χ3n) is 3.89. The van der Waals surface area contributed by atoms with Crippen LogP contribution in [0, 0.1) is 0 Å². The molecule has 3 N–H and O–H groups in total. The van der Waals surface area contributed by atoms with Crippen LogP contribution in [-0.4, -0.2) is 54.2 Å². The molecule has 0 unspecified atom stereocenters. The topological polar surface area (TPSA) is 106 Å². The van der Waals surface area contributed by atoms with Crippen molar-refractivity contribution < 1.29 is 22.7 Å². The second-order valence-electron chi connectivity index (χ2n) is 5.97. The number of likely N-dealkylation sites (N-methyl/N-ethyl adjacent to an activating group) is 1. The summed E-state index contributed by atoms with van der Waals surface area (Å²) in [4.78, 5) is 11.7. The van der Waals surface area contributed by atoms with Crippen LogP contribution in [0.1, 0.15) is 25.7 Å². The number of amides is 1. The number of halogens is 1. The highest BCUT2D eigenvalue weighted by molar-refractivity contribution is 7.89. The highest BCUT2D eigenvalue weighted by Crippen LogP contribution is 2.32. The predicted molar refractivity (Wildman–Crippen MR) is 105 cm³/mol. The first kappa shape index (κ1) is 23.5. The molecule has 0 spiro atoms. The molecule has 154 valence electrons. The Morgan fingerprint density at radius 3 is 2.52 bits per heavy atom. The van der Waals surface area contributed by atoms with Gasteiger partial charge >= 0.3 is 0 Å². The molecule has 0 saturated carbocycles. The predicted octanol–water partition coefficient (Wildman–Crippen LogP) is 1.05. The number of rotatable bonds is 11.